The summed E-state index contributed by atoms with van der Waals surface area (Å²) in [6.07, 6.45) is 1.37. The van der Waals surface area contributed by atoms with Crippen LogP contribution in [0.15, 0.2) is 35.3 Å². The second kappa shape index (κ2) is 6.63. The van der Waals surface area contributed by atoms with Crippen molar-refractivity contribution < 1.29 is 18.0 Å². The van der Waals surface area contributed by atoms with E-state index in [1.807, 2.05) is 0 Å². The summed E-state index contributed by atoms with van der Waals surface area (Å²) in [5, 5.41) is 4.36. The molecule has 2 heterocycles. The summed E-state index contributed by atoms with van der Waals surface area (Å²) in [7, 11) is -3.17. The maximum atomic E-state index is 12.0. The second-order valence-electron chi connectivity index (χ2n) is 5.82. The molecule has 1 aliphatic rings. The Morgan fingerprint density at radius 3 is 2.72 bits per heavy atom. The van der Waals surface area contributed by atoms with E-state index in [2.05, 4.69) is 16.0 Å². The van der Waals surface area contributed by atoms with Crippen molar-refractivity contribution in [1.82, 2.24) is 20.6 Å². The van der Waals surface area contributed by atoms with E-state index >= 15 is 0 Å². The summed E-state index contributed by atoms with van der Waals surface area (Å²) >= 11 is 0. The minimum absolute atomic E-state index is 0.0215. The summed E-state index contributed by atoms with van der Waals surface area (Å²) in [4.78, 5) is 35.6. The van der Waals surface area contributed by atoms with Gasteiger partial charge >= 0.3 is 0 Å². The third-order valence-corrected chi connectivity index (χ3v) is 5.75. The van der Waals surface area contributed by atoms with Gasteiger partial charge in [0.15, 0.2) is 9.84 Å². The molecule has 1 aliphatic heterocycles. The van der Waals surface area contributed by atoms with Crippen LogP contribution in [0.25, 0.3) is 10.9 Å². The molecule has 2 aromatic rings. The van der Waals surface area contributed by atoms with Crippen molar-refractivity contribution >= 4 is 32.6 Å². The molecule has 1 fully saturated rings. The first kappa shape index (κ1) is 17.1. The van der Waals surface area contributed by atoms with Crippen LogP contribution in [-0.2, 0) is 26.0 Å². The van der Waals surface area contributed by atoms with Gasteiger partial charge in [-0.15, -0.1) is 0 Å². The number of hydrogen-bond acceptors (Lipinski definition) is 6. The zero-order valence-corrected chi connectivity index (χ0v) is 14.0. The van der Waals surface area contributed by atoms with Crippen LogP contribution in [0.1, 0.15) is 6.42 Å². The van der Waals surface area contributed by atoms with Gasteiger partial charge in [0.1, 0.15) is 6.54 Å². The summed E-state index contributed by atoms with van der Waals surface area (Å²) < 4.78 is 24.1. The van der Waals surface area contributed by atoms with E-state index in [1.165, 1.54) is 4.68 Å². The van der Waals surface area contributed by atoms with Crippen molar-refractivity contribution in [3.05, 3.63) is 40.7 Å². The summed E-state index contributed by atoms with van der Waals surface area (Å²) in [5.41, 5.74) is 4.73. The molecule has 0 bridgehead atoms. The van der Waals surface area contributed by atoms with E-state index in [0.29, 0.717) is 10.9 Å². The molecule has 0 aliphatic carbocycles. The monoisotopic (exact) mass is 364 g/mol. The van der Waals surface area contributed by atoms with Gasteiger partial charge in [0.25, 0.3) is 5.91 Å². The molecule has 10 heteroatoms. The molecular weight excluding hydrogens is 348 g/mol. The molecule has 9 nitrogen and oxygen atoms in total. The molecule has 0 unspecified atom stereocenters. The third kappa shape index (κ3) is 3.85. The molecule has 1 aromatic heterocycles. The van der Waals surface area contributed by atoms with Crippen LogP contribution >= 0.6 is 0 Å². The van der Waals surface area contributed by atoms with E-state index in [-0.39, 0.29) is 29.9 Å². The van der Waals surface area contributed by atoms with Crippen LogP contribution in [0, 0.1) is 5.92 Å². The zero-order valence-electron chi connectivity index (χ0n) is 13.1. The van der Waals surface area contributed by atoms with Crippen molar-refractivity contribution in [1.29, 1.82) is 0 Å². The molecule has 132 valence electrons. The van der Waals surface area contributed by atoms with Crippen LogP contribution in [0.4, 0.5) is 0 Å². The van der Waals surface area contributed by atoms with E-state index in [9.17, 15) is 22.8 Å². The number of carbonyl (C=O) groups excluding carboxylic acids is 2. The molecule has 0 saturated carbocycles. The molecule has 2 amide bonds. The van der Waals surface area contributed by atoms with Gasteiger partial charge in [0, 0.05) is 5.39 Å². The van der Waals surface area contributed by atoms with E-state index in [1.54, 1.807) is 24.3 Å². The zero-order chi connectivity index (χ0) is 18.0. The highest BCUT2D eigenvalue weighted by Crippen LogP contribution is 2.18. The van der Waals surface area contributed by atoms with Gasteiger partial charge in [-0.3, -0.25) is 29.9 Å². The highest BCUT2D eigenvalue weighted by atomic mass is 32.2. The number of nitrogens with zero attached hydrogens (tertiary/aromatic N) is 2. The Morgan fingerprint density at radius 2 is 2.00 bits per heavy atom. The average Bonchev–Trinajstić information content (AvgIpc) is 2.95. The Morgan fingerprint density at radius 1 is 1.24 bits per heavy atom. The SMILES string of the molecule is O=C(Cn1ncc(=O)c2ccccc21)NNC(=O)[C@@H]1CCS(=O)(=O)C1. The molecule has 0 radical (unpaired) electrons. The standard InChI is InChI=1S/C15H16N4O5S/c20-13-7-16-19(12-4-2-1-3-11(12)13)8-14(21)17-18-15(22)10-5-6-25(23,24)9-10/h1-4,7,10H,5-6,8-9H2,(H,17,21)(H,18,22)/t10-/m1/s1. The number of fused-ring (bicyclic) bond motifs is 1. The Labute approximate surface area is 142 Å². The number of nitrogens with one attached hydrogen (secondary N) is 2. The molecule has 1 aromatic carbocycles. The van der Waals surface area contributed by atoms with Crippen molar-refractivity contribution in [2.45, 2.75) is 13.0 Å². The molecule has 2 N–H and O–H groups in total. The first-order valence-electron chi connectivity index (χ1n) is 7.60. The minimum atomic E-state index is -3.17. The molecule has 1 saturated heterocycles. The van der Waals surface area contributed by atoms with Crippen molar-refractivity contribution in [3.8, 4) is 0 Å². The van der Waals surface area contributed by atoms with E-state index in [4.69, 9.17) is 0 Å². The van der Waals surface area contributed by atoms with Gasteiger partial charge in [-0.2, -0.15) is 5.10 Å². The topological polar surface area (TPSA) is 127 Å². The summed E-state index contributed by atoms with van der Waals surface area (Å²) in [5.74, 6) is -1.97. The smallest absolute Gasteiger partial charge is 0.260 e. The van der Waals surface area contributed by atoms with Crippen molar-refractivity contribution in [2.24, 2.45) is 5.92 Å². The second-order valence-corrected chi connectivity index (χ2v) is 8.05. The van der Waals surface area contributed by atoms with Gasteiger partial charge in [-0.1, -0.05) is 12.1 Å². The lowest BCUT2D eigenvalue weighted by atomic mass is 10.1. The minimum Gasteiger partial charge on any atom is -0.287 e. The largest absolute Gasteiger partial charge is 0.287 e. The molecule has 1 atom stereocenters. The normalized spacial score (nSPS) is 18.8. The predicted molar refractivity (Wildman–Crippen MR) is 89.0 cm³/mol. The fourth-order valence-corrected chi connectivity index (χ4v) is 4.44. The van der Waals surface area contributed by atoms with E-state index in [0.717, 1.165) is 6.20 Å². The number of hydrogen-bond donors (Lipinski definition) is 2. The fraction of sp³-hybridized carbons (Fsp3) is 0.333. The Hall–Kier alpha value is -2.75. The average molecular weight is 364 g/mol. The predicted octanol–water partition coefficient (Wildman–Crippen LogP) is -1.02. The molecular formula is C15H16N4O5S. The first-order valence-corrected chi connectivity index (χ1v) is 9.42. The van der Waals surface area contributed by atoms with E-state index < -0.39 is 27.6 Å². The highest BCUT2D eigenvalue weighted by Gasteiger charge is 2.33. The lowest BCUT2D eigenvalue weighted by Gasteiger charge is -2.12. The number of para-hydroxylation sites is 1. The van der Waals surface area contributed by atoms with Crippen molar-refractivity contribution in [3.63, 3.8) is 0 Å². The van der Waals surface area contributed by atoms with Crippen LogP contribution < -0.4 is 16.3 Å². The highest BCUT2D eigenvalue weighted by molar-refractivity contribution is 7.91. The maximum absolute atomic E-state index is 12.0. The fourth-order valence-electron chi connectivity index (χ4n) is 2.70. The van der Waals surface area contributed by atoms with Gasteiger partial charge in [0.2, 0.25) is 11.3 Å². The Balaban J connectivity index is 1.63. The molecule has 0 spiro atoms. The number of aromatic nitrogens is 2. The quantitative estimate of drug-likeness (QED) is 0.671. The van der Waals surface area contributed by atoms with Gasteiger partial charge in [-0.25, -0.2) is 8.42 Å². The Kier molecular flexibility index (Phi) is 4.53. The number of benzene rings is 1. The number of hydrazine groups is 1. The summed E-state index contributed by atoms with van der Waals surface area (Å²) in [6, 6.07) is 6.74. The third-order valence-electron chi connectivity index (χ3n) is 3.98. The maximum Gasteiger partial charge on any atom is 0.260 e. The molecule has 3 rings (SSSR count). The number of carbonyl (C=O) groups is 2. The lowest BCUT2D eigenvalue weighted by molar-refractivity contribution is -0.131. The van der Waals surface area contributed by atoms with Gasteiger partial charge in [0.05, 0.1) is 29.1 Å². The van der Waals surface area contributed by atoms with Crippen LogP contribution in [0.2, 0.25) is 0 Å². The number of sulfone groups is 1. The van der Waals surface area contributed by atoms with Gasteiger partial charge in [-0.05, 0) is 18.6 Å². The van der Waals surface area contributed by atoms with Crippen molar-refractivity contribution in [2.75, 3.05) is 11.5 Å². The lowest BCUT2D eigenvalue weighted by Crippen LogP contribution is -2.46. The number of amides is 2. The van der Waals surface area contributed by atoms with Gasteiger partial charge < -0.3 is 0 Å². The van der Waals surface area contributed by atoms with Crippen LogP contribution in [0.3, 0.4) is 0 Å². The molecule has 25 heavy (non-hydrogen) atoms. The summed E-state index contributed by atoms with van der Waals surface area (Å²) in [6.45, 7) is -0.204. The van der Waals surface area contributed by atoms with Crippen LogP contribution in [0.5, 0.6) is 0 Å². The van der Waals surface area contributed by atoms with Crippen LogP contribution in [-0.4, -0.2) is 41.5 Å². The number of rotatable bonds is 3. The first-order chi connectivity index (χ1) is 11.9. The Bertz CT molecular complexity index is 998.